The molecule has 0 saturated heterocycles. The van der Waals surface area contributed by atoms with Crippen LogP contribution in [0.3, 0.4) is 0 Å². The minimum Gasteiger partial charge on any atom is -0.359 e. The smallest absolute Gasteiger partial charge is 0.183 e. The summed E-state index contributed by atoms with van der Waals surface area (Å²) in [6.07, 6.45) is 3.68. The maximum Gasteiger partial charge on any atom is 0.183 e. The van der Waals surface area contributed by atoms with Gasteiger partial charge in [-0.3, -0.25) is 0 Å². The van der Waals surface area contributed by atoms with E-state index in [1.165, 1.54) is 34.5 Å². The molecule has 1 fully saturated rings. The van der Waals surface area contributed by atoms with Crippen LogP contribution in [0.2, 0.25) is 0 Å². The molecule has 0 radical (unpaired) electrons. The number of hydrogen-bond acceptors (Lipinski definition) is 3. The van der Waals surface area contributed by atoms with Crippen molar-refractivity contribution >= 4 is 16.5 Å². The van der Waals surface area contributed by atoms with Crippen molar-refractivity contribution in [3.63, 3.8) is 0 Å². The van der Waals surface area contributed by atoms with Crippen LogP contribution in [0.5, 0.6) is 0 Å². The first kappa shape index (κ1) is 8.76. The standard InChI is InChI=1S/C13H12N2S/c1-2-4-10-8(3-1)7-11-12(10)15-13(16-11)14-9-5-6-9/h1-4,9H,5-7H2,(H,14,15). The summed E-state index contributed by atoms with van der Waals surface area (Å²) in [5.41, 5.74) is 3.97. The SMILES string of the molecule is c1ccc2c(c1)Cc1sc(NC3CC3)nc1-2. The largest absolute Gasteiger partial charge is 0.359 e. The lowest BCUT2D eigenvalue weighted by Crippen LogP contribution is -1.99. The van der Waals surface area contributed by atoms with Gasteiger partial charge in [-0.15, -0.1) is 11.3 Å². The minimum absolute atomic E-state index is 0.696. The van der Waals surface area contributed by atoms with Crippen molar-refractivity contribution in [1.29, 1.82) is 0 Å². The van der Waals surface area contributed by atoms with Gasteiger partial charge < -0.3 is 5.32 Å². The fourth-order valence-corrected chi connectivity index (χ4v) is 3.30. The first-order valence-electron chi connectivity index (χ1n) is 5.75. The average molecular weight is 228 g/mol. The highest BCUT2D eigenvalue weighted by Crippen LogP contribution is 2.41. The Bertz CT molecular complexity index is 555. The second kappa shape index (κ2) is 3.08. The highest BCUT2D eigenvalue weighted by molar-refractivity contribution is 7.16. The monoisotopic (exact) mass is 228 g/mol. The number of nitrogens with one attached hydrogen (secondary N) is 1. The lowest BCUT2D eigenvalue weighted by Gasteiger charge is -1.99. The highest BCUT2D eigenvalue weighted by Gasteiger charge is 2.26. The molecule has 1 heterocycles. The molecule has 1 saturated carbocycles. The van der Waals surface area contributed by atoms with Gasteiger partial charge in [-0.25, -0.2) is 4.98 Å². The number of thiazole rings is 1. The summed E-state index contributed by atoms with van der Waals surface area (Å²) in [5, 5.41) is 4.60. The maximum atomic E-state index is 4.72. The molecule has 0 unspecified atom stereocenters. The van der Waals surface area contributed by atoms with E-state index in [2.05, 4.69) is 29.6 Å². The molecular weight excluding hydrogens is 216 g/mol. The third kappa shape index (κ3) is 1.28. The number of rotatable bonds is 2. The summed E-state index contributed by atoms with van der Waals surface area (Å²) in [5.74, 6) is 0. The van der Waals surface area contributed by atoms with Gasteiger partial charge in [0.25, 0.3) is 0 Å². The zero-order valence-electron chi connectivity index (χ0n) is 8.86. The van der Waals surface area contributed by atoms with E-state index in [-0.39, 0.29) is 0 Å². The molecule has 0 bridgehead atoms. The molecule has 80 valence electrons. The summed E-state index contributed by atoms with van der Waals surface area (Å²) < 4.78 is 0. The van der Waals surface area contributed by atoms with Gasteiger partial charge in [-0.2, -0.15) is 0 Å². The number of anilines is 1. The van der Waals surface area contributed by atoms with Crippen LogP contribution in [-0.4, -0.2) is 11.0 Å². The first-order valence-corrected chi connectivity index (χ1v) is 6.56. The number of nitrogens with zero attached hydrogens (tertiary/aromatic N) is 1. The van der Waals surface area contributed by atoms with Gasteiger partial charge in [0.05, 0.1) is 5.69 Å². The fourth-order valence-electron chi connectivity index (χ4n) is 2.22. The molecule has 16 heavy (non-hydrogen) atoms. The van der Waals surface area contributed by atoms with Crippen molar-refractivity contribution in [1.82, 2.24) is 4.98 Å². The first-order chi connectivity index (χ1) is 7.90. The van der Waals surface area contributed by atoms with Crippen molar-refractivity contribution in [2.45, 2.75) is 25.3 Å². The van der Waals surface area contributed by atoms with Gasteiger partial charge in [0, 0.05) is 22.9 Å². The third-order valence-electron chi connectivity index (χ3n) is 3.23. The number of benzene rings is 1. The van der Waals surface area contributed by atoms with Crippen LogP contribution in [0, 0.1) is 0 Å². The predicted octanol–water partition coefficient (Wildman–Crippen LogP) is 3.29. The van der Waals surface area contributed by atoms with E-state index in [4.69, 9.17) is 4.98 Å². The van der Waals surface area contributed by atoms with E-state index in [0.717, 1.165) is 11.6 Å². The summed E-state index contributed by atoms with van der Waals surface area (Å²) in [7, 11) is 0. The molecule has 2 aromatic rings. The summed E-state index contributed by atoms with van der Waals surface area (Å²) in [6, 6.07) is 9.29. The molecular formula is C13H12N2S. The molecule has 0 aliphatic heterocycles. The van der Waals surface area contributed by atoms with E-state index in [1.54, 1.807) is 0 Å². The Morgan fingerprint density at radius 2 is 2.12 bits per heavy atom. The van der Waals surface area contributed by atoms with Crippen molar-refractivity contribution in [2.24, 2.45) is 0 Å². The van der Waals surface area contributed by atoms with E-state index in [9.17, 15) is 0 Å². The Balaban J connectivity index is 1.75. The average Bonchev–Trinajstić information content (AvgIpc) is 2.90. The molecule has 0 atom stereocenters. The summed E-state index contributed by atoms with van der Waals surface area (Å²) in [6.45, 7) is 0. The van der Waals surface area contributed by atoms with E-state index in [1.807, 2.05) is 11.3 Å². The van der Waals surface area contributed by atoms with Crippen LogP contribution >= 0.6 is 11.3 Å². The number of fused-ring (bicyclic) bond motifs is 3. The molecule has 1 N–H and O–H groups in total. The van der Waals surface area contributed by atoms with Crippen molar-refractivity contribution in [3.05, 3.63) is 34.7 Å². The summed E-state index contributed by atoms with van der Waals surface area (Å²) in [4.78, 5) is 6.14. The Labute approximate surface area is 98.3 Å². The normalized spacial score (nSPS) is 17.0. The van der Waals surface area contributed by atoms with E-state index in [0.29, 0.717) is 6.04 Å². The summed E-state index contributed by atoms with van der Waals surface area (Å²) >= 11 is 1.82. The van der Waals surface area contributed by atoms with Crippen LogP contribution in [0.15, 0.2) is 24.3 Å². The van der Waals surface area contributed by atoms with Crippen LogP contribution in [0.4, 0.5) is 5.13 Å². The Hall–Kier alpha value is -1.35. The van der Waals surface area contributed by atoms with Crippen LogP contribution in [-0.2, 0) is 6.42 Å². The van der Waals surface area contributed by atoms with Crippen LogP contribution < -0.4 is 5.32 Å². The second-order valence-electron chi connectivity index (χ2n) is 4.54. The quantitative estimate of drug-likeness (QED) is 0.728. The van der Waals surface area contributed by atoms with Crippen molar-refractivity contribution in [2.75, 3.05) is 5.32 Å². The van der Waals surface area contributed by atoms with Gasteiger partial charge in [-0.05, 0) is 18.4 Å². The van der Waals surface area contributed by atoms with Crippen LogP contribution in [0.1, 0.15) is 23.3 Å². The molecule has 2 aliphatic rings. The van der Waals surface area contributed by atoms with Gasteiger partial charge in [0.15, 0.2) is 5.13 Å². The molecule has 2 nitrogen and oxygen atoms in total. The van der Waals surface area contributed by atoms with E-state index >= 15 is 0 Å². The minimum atomic E-state index is 0.696. The van der Waals surface area contributed by atoms with E-state index < -0.39 is 0 Å². The van der Waals surface area contributed by atoms with Crippen LogP contribution in [0.25, 0.3) is 11.3 Å². The molecule has 2 aliphatic carbocycles. The predicted molar refractivity (Wildman–Crippen MR) is 67.0 cm³/mol. The molecule has 4 rings (SSSR count). The fraction of sp³-hybridized carbons (Fsp3) is 0.308. The third-order valence-corrected chi connectivity index (χ3v) is 4.21. The molecule has 3 heteroatoms. The molecule has 1 aromatic heterocycles. The Kier molecular flexibility index (Phi) is 1.68. The second-order valence-corrected chi connectivity index (χ2v) is 5.63. The maximum absolute atomic E-state index is 4.72. The zero-order valence-corrected chi connectivity index (χ0v) is 9.68. The zero-order chi connectivity index (χ0) is 10.5. The highest BCUT2D eigenvalue weighted by atomic mass is 32.1. The number of aromatic nitrogens is 1. The van der Waals surface area contributed by atoms with Gasteiger partial charge in [0.2, 0.25) is 0 Å². The molecule has 1 aromatic carbocycles. The topological polar surface area (TPSA) is 24.9 Å². The molecule has 0 amide bonds. The van der Waals surface area contributed by atoms with Crippen molar-refractivity contribution in [3.8, 4) is 11.3 Å². The van der Waals surface area contributed by atoms with Gasteiger partial charge >= 0.3 is 0 Å². The lowest BCUT2D eigenvalue weighted by atomic mass is 10.1. The molecule has 0 spiro atoms. The Morgan fingerprint density at radius 3 is 3.00 bits per heavy atom. The Morgan fingerprint density at radius 1 is 1.25 bits per heavy atom. The lowest BCUT2D eigenvalue weighted by molar-refractivity contribution is 1.14. The van der Waals surface area contributed by atoms with Crippen molar-refractivity contribution < 1.29 is 0 Å². The number of hydrogen-bond donors (Lipinski definition) is 1. The van der Waals surface area contributed by atoms with Gasteiger partial charge in [-0.1, -0.05) is 24.3 Å². The van der Waals surface area contributed by atoms with Gasteiger partial charge in [0.1, 0.15) is 0 Å².